The maximum absolute atomic E-state index is 6.01. The standard InChI is InChI=1S/C17H23ClN2S/c1-17(2,3)19-11-13-7-5-6-8-15(13)20(4)12-14-9-10-16(18)21-14/h5-10,19H,11-12H2,1-4H3. The average Bonchev–Trinajstić information content (AvgIpc) is 2.81. The smallest absolute Gasteiger partial charge is 0.0931 e. The molecule has 0 radical (unpaired) electrons. The fourth-order valence-electron chi connectivity index (χ4n) is 2.15. The number of rotatable bonds is 5. The van der Waals surface area contributed by atoms with E-state index < -0.39 is 0 Å². The van der Waals surface area contributed by atoms with E-state index in [0.29, 0.717) is 0 Å². The van der Waals surface area contributed by atoms with E-state index in [9.17, 15) is 0 Å². The Morgan fingerprint density at radius 1 is 1.14 bits per heavy atom. The van der Waals surface area contributed by atoms with E-state index in [2.05, 4.69) is 68.4 Å². The van der Waals surface area contributed by atoms with Crippen LogP contribution < -0.4 is 10.2 Å². The number of benzene rings is 1. The number of anilines is 1. The molecule has 0 amide bonds. The summed E-state index contributed by atoms with van der Waals surface area (Å²) in [7, 11) is 2.13. The van der Waals surface area contributed by atoms with Crippen molar-refractivity contribution in [1.29, 1.82) is 0 Å². The molecule has 0 saturated carbocycles. The number of thiophene rings is 1. The molecule has 2 rings (SSSR count). The van der Waals surface area contributed by atoms with Gasteiger partial charge in [-0.1, -0.05) is 29.8 Å². The van der Waals surface area contributed by atoms with E-state index in [-0.39, 0.29) is 5.54 Å². The van der Waals surface area contributed by atoms with Crippen LogP contribution in [0.1, 0.15) is 31.2 Å². The second-order valence-electron chi connectivity index (χ2n) is 6.29. The molecule has 0 saturated heterocycles. The number of nitrogens with zero attached hydrogens (tertiary/aromatic N) is 1. The molecule has 0 aliphatic carbocycles. The Bertz CT molecular complexity index is 586. The summed E-state index contributed by atoms with van der Waals surface area (Å²) in [5.41, 5.74) is 2.70. The van der Waals surface area contributed by atoms with Gasteiger partial charge in [0.05, 0.1) is 10.9 Å². The van der Waals surface area contributed by atoms with E-state index >= 15 is 0 Å². The van der Waals surface area contributed by atoms with Crippen LogP contribution in [0.5, 0.6) is 0 Å². The van der Waals surface area contributed by atoms with Crippen LogP contribution in [0.4, 0.5) is 5.69 Å². The lowest BCUT2D eigenvalue weighted by molar-refractivity contribution is 0.424. The van der Waals surface area contributed by atoms with E-state index in [4.69, 9.17) is 11.6 Å². The van der Waals surface area contributed by atoms with Gasteiger partial charge in [0.25, 0.3) is 0 Å². The third-order valence-electron chi connectivity index (χ3n) is 3.23. The van der Waals surface area contributed by atoms with Crippen LogP contribution in [0.3, 0.4) is 0 Å². The molecule has 0 aliphatic rings. The van der Waals surface area contributed by atoms with Gasteiger partial charge in [0.15, 0.2) is 0 Å². The van der Waals surface area contributed by atoms with Crippen LogP contribution >= 0.6 is 22.9 Å². The number of hydrogen-bond acceptors (Lipinski definition) is 3. The van der Waals surface area contributed by atoms with Crippen molar-refractivity contribution < 1.29 is 0 Å². The van der Waals surface area contributed by atoms with Crippen molar-refractivity contribution in [1.82, 2.24) is 5.32 Å². The number of hydrogen-bond donors (Lipinski definition) is 1. The Morgan fingerprint density at radius 2 is 1.86 bits per heavy atom. The molecular weight excluding hydrogens is 300 g/mol. The lowest BCUT2D eigenvalue weighted by Gasteiger charge is -2.25. The van der Waals surface area contributed by atoms with Crippen LogP contribution in [0.15, 0.2) is 36.4 Å². The minimum atomic E-state index is 0.118. The maximum atomic E-state index is 6.01. The maximum Gasteiger partial charge on any atom is 0.0931 e. The van der Waals surface area contributed by atoms with Gasteiger partial charge < -0.3 is 10.2 Å². The molecule has 4 heteroatoms. The predicted octanol–water partition coefficient (Wildman–Crippen LogP) is 4.93. The summed E-state index contributed by atoms with van der Waals surface area (Å²) in [5.74, 6) is 0. The highest BCUT2D eigenvalue weighted by atomic mass is 35.5. The van der Waals surface area contributed by atoms with Crippen molar-refractivity contribution in [3.8, 4) is 0 Å². The highest BCUT2D eigenvalue weighted by Crippen LogP contribution is 2.26. The van der Waals surface area contributed by atoms with E-state index in [1.54, 1.807) is 11.3 Å². The van der Waals surface area contributed by atoms with Crippen molar-refractivity contribution in [2.75, 3.05) is 11.9 Å². The molecule has 2 aromatic rings. The molecular formula is C17H23ClN2S. The molecule has 114 valence electrons. The summed E-state index contributed by atoms with van der Waals surface area (Å²) in [6, 6.07) is 12.6. The van der Waals surface area contributed by atoms with Crippen molar-refractivity contribution >= 4 is 28.6 Å². The zero-order chi connectivity index (χ0) is 15.5. The van der Waals surface area contributed by atoms with Gasteiger partial charge in [-0.05, 0) is 44.5 Å². The fraction of sp³-hybridized carbons (Fsp3) is 0.412. The van der Waals surface area contributed by atoms with Gasteiger partial charge in [0.1, 0.15) is 0 Å². The minimum absolute atomic E-state index is 0.118. The molecule has 1 heterocycles. The lowest BCUT2D eigenvalue weighted by atomic mass is 10.1. The summed E-state index contributed by atoms with van der Waals surface area (Å²) < 4.78 is 0.848. The van der Waals surface area contributed by atoms with Crippen LogP contribution in [-0.4, -0.2) is 12.6 Å². The van der Waals surface area contributed by atoms with E-state index in [0.717, 1.165) is 17.4 Å². The van der Waals surface area contributed by atoms with E-state index in [1.165, 1.54) is 16.1 Å². The summed E-state index contributed by atoms with van der Waals surface area (Å²) in [4.78, 5) is 3.56. The molecule has 0 atom stereocenters. The van der Waals surface area contributed by atoms with Gasteiger partial charge >= 0.3 is 0 Å². The van der Waals surface area contributed by atoms with Crippen LogP contribution in [0.25, 0.3) is 0 Å². The number of nitrogens with one attached hydrogen (secondary N) is 1. The molecule has 0 spiro atoms. The van der Waals surface area contributed by atoms with Gasteiger partial charge in [-0.15, -0.1) is 11.3 Å². The molecule has 0 aliphatic heterocycles. The second kappa shape index (κ2) is 6.82. The van der Waals surface area contributed by atoms with Gasteiger partial charge in [-0.25, -0.2) is 0 Å². The second-order valence-corrected chi connectivity index (χ2v) is 8.09. The van der Waals surface area contributed by atoms with Gasteiger partial charge in [0, 0.05) is 29.7 Å². The Morgan fingerprint density at radius 3 is 2.48 bits per heavy atom. The minimum Gasteiger partial charge on any atom is -0.369 e. The zero-order valence-electron chi connectivity index (χ0n) is 13.1. The van der Waals surface area contributed by atoms with Gasteiger partial charge in [-0.2, -0.15) is 0 Å². The summed E-state index contributed by atoms with van der Waals surface area (Å²) in [6.45, 7) is 8.31. The Labute approximate surface area is 136 Å². The van der Waals surface area contributed by atoms with Gasteiger partial charge in [-0.3, -0.25) is 0 Å². The number of halogens is 1. The molecule has 2 nitrogen and oxygen atoms in total. The molecule has 0 bridgehead atoms. The first-order chi connectivity index (χ1) is 9.85. The predicted molar refractivity (Wildman–Crippen MR) is 94.5 cm³/mol. The average molecular weight is 323 g/mol. The summed E-state index contributed by atoms with van der Waals surface area (Å²) >= 11 is 7.65. The quantitative estimate of drug-likeness (QED) is 0.840. The lowest BCUT2D eigenvalue weighted by Crippen LogP contribution is -2.35. The molecule has 1 aromatic heterocycles. The van der Waals surface area contributed by atoms with Gasteiger partial charge in [0.2, 0.25) is 0 Å². The first-order valence-corrected chi connectivity index (χ1v) is 8.33. The summed E-state index contributed by atoms with van der Waals surface area (Å²) in [6.07, 6.45) is 0. The van der Waals surface area contributed by atoms with Crippen molar-refractivity contribution in [3.05, 3.63) is 51.2 Å². The molecule has 1 N–H and O–H groups in total. The largest absolute Gasteiger partial charge is 0.369 e. The molecule has 21 heavy (non-hydrogen) atoms. The third-order valence-corrected chi connectivity index (χ3v) is 4.45. The SMILES string of the molecule is CN(Cc1ccc(Cl)s1)c1ccccc1CNC(C)(C)C. The number of para-hydroxylation sites is 1. The third kappa shape index (κ3) is 5.03. The molecule has 0 unspecified atom stereocenters. The van der Waals surface area contributed by atoms with Crippen molar-refractivity contribution in [2.24, 2.45) is 0 Å². The summed E-state index contributed by atoms with van der Waals surface area (Å²) in [5, 5.41) is 3.56. The van der Waals surface area contributed by atoms with Crippen molar-refractivity contribution in [2.45, 2.75) is 39.4 Å². The molecule has 1 aromatic carbocycles. The fourth-order valence-corrected chi connectivity index (χ4v) is 3.29. The Hall–Kier alpha value is -1.03. The van der Waals surface area contributed by atoms with Crippen LogP contribution in [-0.2, 0) is 13.1 Å². The first kappa shape index (κ1) is 16.3. The van der Waals surface area contributed by atoms with Crippen molar-refractivity contribution in [3.63, 3.8) is 0 Å². The highest BCUT2D eigenvalue weighted by molar-refractivity contribution is 7.16. The first-order valence-electron chi connectivity index (χ1n) is 7.13. The Kier molecular flexibility index (Phi) is 5.31. The van der Waals surface area contributed by atoms with Crippen LogP contribution in [0.2, 0.25) is 4.34 Å². The normalized spacial score (nSPS) is 11.7. The van der Waals surface area contributed by atoms with E-state index in [1.807, 2.05) is 6.07 Å². The monoisotopic (exact) mass is 322 g/mol. The highest BCUT2D eigenvalue weighted by Gasteiger charge is 2.12. The molecule has 0 fully saturated rings. The Balaban J connectivity index is 2.11. The zero-order valence-corrected chi connectivity index (χ0v) is 14.7. The topological polar surface area (TPSA) is 15.3 Å². The van der Waals surface area contributed by atoms with Crippen LogP contribution in [0, 0.1) is 0 Å².